The van der Waals surface area contributed by atoms with Crippen LogP contribution in [0.1, 0.15) is 83.5 Å². The van der Waals surface area contributed by atoms with Gasteiger partial charge in [-0.05, 0) is 54.8 Å². The van der Waals surface area contributed by atoms with E-state index in [1.54, 1.807) is 0 Å². The minimum absolute atomic E-state index is 0.0350. The van der Waals surface area contributed by atoms with Crippen molar-refractivity contribution in [1.29, 1.82) is 0 Å². The maximum absolute atomic E-state index is 12.4. The van der Waals surface area contributed by atoms with Crippen LogP contribution < -0.4 is 5.32 Å². The first-order chi connectivity index (χ1) is 19.2. The summed E-state index contributed by atoms with van der Waals surface area (Å²) >= 11 is 0. The number of nitrogens with one attached hydrogen (secondary N) is 1. The zero-order chi connectivity index (χ0) is 26.9. The van der Waals surface area contributed by atoms with Crippen LogP contribution in [0.4, 0.5) is 0 Å². The first-order valence-corrected chi connectivity index (χ1v) is 14.3. The van der Waals surface area contributed by atoms with Crippen molar-refractivity contribution < 1.29 is 19.4 Å². The molecule has 3 aromatic carbocycles. The largest absolute Gasteiger partial charge is 0.392 e. The van der Waals surface area contributed by atoms with Crippen LogP contribution in [-0.4, -0.2) is 41.7 Å². The Labute approximate surface area is 232 Å². The van der Waals surface area contributed by atoms with Crippen LogP contribution in [0.3, 0.4) is 0 Å². The van der Waals surface area contributed by atoms with Crippen LogP contribution in [0.25, 0.3) is 0 Å². The molecule has 2 aliphatic rings. The Bertz CT molecular complexity index is 1160. The second-order valence-electron chi connectivity index (χ2n) is 10.7. The summed E-state index contributed by atoms with van der Waals surface area (Å²) in [5.74, 6) is -0.0826. The van der Waals surface area contributed by atoms with Crippen molar-refractivity contribution in [3.63, 3.8) is 0 Å². The van der Waals surface area contributed by atoms with Crippen molar-refractivity contribution in [2.45, 2.75) is 70.2 Å². The number of hydrogen-bond acceptors (Lipinski definition) is 5. The van der Waals surface area contributed by atoms with Gasteiger partial charge in [-0.1, -0.05) is 86.0 Å². The summed E-state index contributed by atoms with van der Waals surface area (Å²) in [5, 5.41) is 12.5. The van der Waals surface area contributed by atoms with E-state index >= 15 is 0 Å². The molecule has 0 aliphatic carbocycles. The summed E-state index contributed by atoms with van der Waals surface area (Å²) < 4.78 is 13.1. The lowest BCUT2D eigenvalue weighted by Crippen LogP contribution is -2.40. The molecule has 39 heavy (non-hydrogen) atoms. The van der Waals surface area contributed by atoms with Crippen LogP contribution in [0.5, 0.6) is 0 Å². The molecule has 5 rings (SSSR count). The molecule has 6 nitrogen and oxygen atoms in total. The van der Waals surface area contributed by atoms with E-state index in [0.717, 1.165) is 48.3 Å². The Balaban J connectivity index is 1.27. The average molecular weight is 529 g/mol. The second kappa shape index (κ2) is 13.9. The predicted octanol–water partition coefficient (Wildman–Crippen LogP) is 5.92. The van der Waals surface area contributed by atoms with Gasteiger partial charge in [0.2, 0.25) is 0 Å². The van der Waals surface area contributed by atoms with E-state index in [1.165, 1.54) is 32.1 Å². The van der Waals surface area contributed by atoms with E-state index in [4.69, 9.17) is 9.47 Å². The highest BCUT2D eigenvalue weighted by molar-refractivity contribution is 5.94. The van der Waals surface area contributed by atoms with E-state index in [1.807, 2.05) is 66.7 Å². The number of hydrogen-bond donors (Lipinski definition) is 2. The van der Waals surface area contributed by atoms with Gasteiger partial charge in [0.05, 0.1) is 18.8 Å². The van der Waals surface area contributed by atoms with Crippen molar-refractivity contribution in [1.82, 2.24) is 10.2 Å². The molecule has 6 heteroatoms. The summed E-state index contributed by atoms with van der Waals surface area (Å²) in [6.07, 6.45) is 6.79. The van der Waals surface area contributed by atoms with Gasteiger partial charge in [-0.2, -0.15) is 0 Å². The van der Waals surface area contributed by atoms with Gasteiger partial charge in [0.1, 0.15) is 0 Å². The highest BCUT2D eigenvalue weighted by Crippen LogP contribution is 2.38. The third-order valence-corrected chi connectivity index (χ3v) is 7.77. The third kappa shape index (κ3) is 7.76. The molecule has 2 aliphatic heterocycles. The number of likely N-dealkylation sites (tertiary alicyclic amines) is 1. The molecule has 2 N–H and O–H groups in total. The highest BCUT2D eigenvalue weighted by atomic mass is 16.7. The lowest BCUT2D eigenvalue weighted by atomic mass is 9.99. The number of aliphatic hydroxyl groups excluding tert-OH is 1. The van der Waals surface area contributed by atoms with Gasteiger partial charge in [-0.15, -0.1) is 0 Å². The minimum Gasteiger partial charge on any atom is -0.392 e. The van der Waals surface area contributed by atoms with E-state index in [9.17, 15) is 9.90 Å². The normalized spacial score (nSPS) is 22.5. The van der Waals surface area contributed by atoms with Crippen molar-refractivity contribution in [2.75, 3.05) is 19.6 Å². The molecule has 0 saturated carbocycles. The first kappa shape index (κ1) is 27.5. The van der Waals surface area contributed by atoms with Gasteiger partial charge in [0.15, 0.2) is 6.29 Å². The molecule has 2 saturated heterocycles. The summed E-state index contributed by atoms with van der Waals surface area (Å²) in [4.78, 5) is 15.0. The van der Waals surface area contributed by atoms with Gasteiger partial charge in [0.25, 0.3) is 5.91 Å². The van der Waals surface area contributed by atoms with E-state index < -0.39 is 6.29 Å². The highest BCUT2D eigenvalue weighted by Gasteiger charge is 2.33. The van der Waals surface area contributed by atoms with Gasteiger partial charge in [-0.3, -0.25) is 4.79 Å². The first-order valence-electron chi connectivity index (χ1n) is 14.3. The fraction of sp³-hybridized carbons (Fsp3) is 0.424. The van der Waals surface area contributed by atoms with E-state index in [2.05, 4.69) is 22.3 Å². The zero-order valence-electron chi connectivity index (χ0n) is 22.6. The zero-order valence-corrected chi connectivity index (χ0v) is 22.6. The monoisotopic (exact) mass is 528 g/mol. The minimum atomic E-state index is -0.464. The molecule has 0 bridgehead atoms. The average Bonchev–Trinajstić information content (AvgIpc) is 2.98. The molecule has 3 aromatic rings. The molecule has 0 radical (unpaired) electrons. The van der Waals surface area contributed by atoms with Crippen molar-refractivity contribution in [3.05, 3.63) is 107 Å². The fourth-order valence-electron chi connectivity index (χ4n) is 5.48. The van der Waals surface area contributed by atoms with Gasteiger partial charge >= 0.3 is 0 Å². The smallest absolute Gasteiger partial charge is 0.251 e. The lowest BCUT2D eigenvalue weighted by Gasteiger charge is -2.38. The van der Waals surface area contributed by atoms with Gasteiger partial charge in [0, 0.05) is 30.6 Å². The quantitative estimate of drug-likeness (QED) is 0.380. The molecule has 0 aromatic heterocycles. The molecule has 2 heterocycles. The molecule has 0 spiro atoms. The van der Waals surface area contributed by atoms with Gasteiger partial charge in [-0.25, -0.2) is 0 Å². The second-order valence-corrected chi connectivity index (χ2v) is 10.7. The molecule has 1 amide bonds. The predicted molar refractivity (Wildman–Crippen MR) is 152 cm³/mol. The maximum atomic E-state index is 12.4. The SMILES string of the molecule is O=C(NCc1ccc([C@H]2O[C@@H](CN3CCCCCCC3)C[C@@H](c3ccc(CO)cc3)O2)cc1)c1ccccc1. The number of carbonyl (C=O) groups is 1. The van der Waals surface area contributed by atoms with Crippen molar-refractivity contribution in [2.24, 2.45) is 0 Å². The van der Waals surface area contributed by atoms with E-state index in [0.29, 0.717) is 12.1 Å². The summed E-state index contributed by atoms with van der Waals surface area (Å²) in [6, 6.07) is 25.4. The number of benzene rings is 3. The third-order valence-electron chi connectivity index (χ3n) is 7.77. The van der Waals surface area contributed by atoms with Crippen molar-refractivity contribution in [3.8, 4) is 0 Å². The lowest BCUT2D eigenvalue weighted by molar-refractivity contribution is -0.253. The van der Waals surface area contributed by atoms with Gasteiger partial charge < -0.3 is 24.8 Å². The standard InChI is InChI=1S/C33H40N2O4/c36-24-26-13-15-27(16-14-26)31-21-30(23-35-19-7-2-1-3-8-20-35)38-33(39-31)29-17-11-25(12-18-29)22-34-32(37)28-9-5-4-6-10-28/h4-6,9-18,30-31,33,36H,1-3,7-8,19-24H2,(H,34,37)/t30-,31+,33+/m1/s1. The number of aliphatic hydroxyl groups is 1. The Kier molecular flexibility index (Phi) is 9.78. The molecule has 0 unspecified atom stereocenters. The van der Waals surface area contributed by atoms with Crippen molar-refractivity contribution >= 4 is 5.91 Å². The Morgan fingerprint density at radius 3 is 2.13 bits per heavy atom. The number of ether oxygens (including phenoxy) is 2. The maximum Gasteiger partial charge on any atom is 0.251 e. The topological polar surface area (TPSA) is 71.0 Å². The fourth-order valence-corrected chi connectivity index (χ4v) is 5.48. The number of carbonyl (C=O) groups excluding carboxylic acids is 1. The molecule has 3 atom stereocenters. The van der Waals surface area contributed by atoms with Crippen LogP contribution in [0, 0.1) is 0 Å². The number of rotatable bonds is 8. The summed E-state index contributed by atoms with van der Waals surface area (Å²) in [5.41, 5.74) is 4.66. The van der Waals surface area contributed by atoms with Crippen LogP contribution in [-0.2, 0) is 22.6 Å². The molecular formula is C33H40N2O4. The Hall–Kier alpha value is -3.03. The number of nitrogens with zero attached hydrogens (tertiary/aromatic N) is 1. The molecule has 206 valence electrons. The van der Waals surface area contributed by atoms with Crippen LogP contribution >= 0.6 is 0 Å². The Morgan fingerprint density at radius 2 is 1.44 bits per heavy atom. The molecular weight excluding hydrogens is 488 g/mol. The van der Waals surface area contributed by atoms with E-state index in [-0.39, 0.29) is 24.7 Å². The molecule has 2 fully saturated rings. The summed E-state index contributed by atoms with van der Waals surface area (Å²) in [7, 11) is 0. The number of amides is 1. The summed E-state index contributed by atoms with van der Waals surface area (Å²) in [6.45, 7) is 3.66. The van der Waals surface area contributed by atoms with Crippen LogP contribution in [0.15, 0.2) is 78.9 Å². The van der Waals surface area contributed by atoms with Crippen LogP contribution in [0.2, 0.25) is 0 Å². The Morgan fingerprint density at radius 1 is 0.795 bits per heavy atom.